The fraction of sp³-hybridized carbons (Fsp3) is 0.739. The summed E-state index contributed by atoms with van der Waals surface area (Å²) in [6.07, 6.45) is 15.9. The smallest absolute Gasteiger partial charge is 0.0959 e. The van der Waals surface area contributed by atoms with E-state index in [1.54, 1.807) is 24.3 Å². The molecule has 0 aliphatic heterocycles. The molecular weight excluding hydrogens is 324 g/mol. The summed E-state index contributed by atoms with van der Waals surface area (Å²) >= 11 is 0. The number of hydrogen-bond acceptors (Lipinski definition) is 3. The average molecular weight is 359 g/mol. The molecule has 4 aliphatic rings. The van der Waals surface area contributed by atoms with Crippen LogP contribution in [0.1, 0.15) is 64.7 Å². The van der Waals surface area contributed by atoms with Crippen LogP contribution in [0.3, 0.4) is 0 Å². The zero-order valence-corrected chi connectivity index (χ0v) is 16.3. The van der Waals surface area contributed by atoms with E-state index in [9.17, 15) is 10.2 Å². The number of hydrogen-bond donors (Lipinski definition) is 2. The van der Waals surface area contributed by atoms with Gasteiger partial charge in [-0.1, -0.05) is 30.2 Å². The van der Waals surface area contributed by atoms with Crippen LogP contribution in [0, 0.1) is 23.2 Å². The van der Waals surface area contributed by atoms with E-state index in [4.69, 9.17) is 4.74 Å². The van der Waals surface area contributed by atoms with Crippen LogP contribution in [0.15, 0.2) is 35.1 Å². The van der Waals surface area contributed by atoms with Crippen LogP contribution in [-0.4, -0.2) is 29.5 Å². The fourth-order valence-electron chi connectivity index (χ4n) is 7.16. The van der Waals surface area contributed by atoms with E-state index >= 15 is 0 Å². The Hall–Kier alpha value is -1.06. The highest BCUT2D eigenvalue weighted by Crippen LogP contribution is 2.66. The van der Waals surface area contributed by atoms with Gasteiger partial charge in [0.15, 0.2) is 0 Å². The summed E-state index contributed by atoms with van der Waals surface area (Å²) in [6.45, 7) is 2.28. The summed E-state index contributed by atoms with van der Waals surface area (Å²) in [5.41, 5.74) is 2.61. The molecule has 2 saturated carbocycles. The molecule has 0 spiro atoms. The number of rotatable bonds is 4. The molecule has 0 bridgehead atoms. The first kappa shape index (κ1) is 18.3. The highest BCUT2D eigenvalue weighted by atomic mass is 16.5. The monoisotopic (exact) mass is 358 g/mol. The van der Waals surface area contributed by atoms with Gasteiger partial charge in [0.05, 0.1) is 25.1 Å². The van der Waals surface area contributed by atoms with Crippen molar-refractivity contribution in [2.45, 2.75) is 70.3 Å². The number of aliphatic hydroxyl groups excluding tert-OH is 1. The molecular formula is C23H34O3. The van der Waals surface area contributed by atoms with Gasteiger partial charge >= 0.3 is 0 Å². The summed E-state index contributed by atoms with van der Waals surface area (Å²) in [5.74, 6) is 3.19. The molecule has 0 aromatic rings. The van der Waals surface area contributed by atoms with Gasteiger partial charge in [0.2, 0.25) is 0 Å². The molecule has 5 atom stereocenters. The van der Waals surface area contributed by atoms with Crippen LogP contribution >= 0.6 is 0 Å². The SMILES string of the molecule is CC[C@]12CCC3C4=C(CCC3C1CC[C@@]2(O)/C=C\CO)CC(OC)=CC4. The third-order valence-electron chi connectivity index (χ3n) is 8.35. The summed E-state index contributed by atoms with van der Waals surface area (Å²) < 4.78 is 5.51. The van der Waals surface area contributed by atoms with E-state index in [1.165, 1.54) is 19.3 Å². The number of fused-ring (bicyclic) bond motifs is 4. The van der Waals surface area contributed by atoms with Crippen molar-refractivity contribution in [1.29, 1.82) is 0 Å². The second-order valence-corrected chi connectivity index (χ2v) is 8.90. The van der Waals surface area contributed by atoms with Crippen LogP contribution in [-0.2, 0) is 4.74 Å². The normalized spacial score (nSPS) is 42.3. The van der Waals surface area contributed by atoms with Gasteiger partial charge in [0, 0.05) is 11.8 Å². The van der Waals surface area contributed by atoms with Crippen molar-refractivity contribution in [1.82, 2.24) is 0 Å². The second kappa shape index (κ2) is 6.83. The van der Waals surface area contributed by atoms with Crippen molar-refractivity contribution in [2.24, 2.45) is 23.2 Å². The first-order chi connectivity index (χ1) is 12.6. The van der Waals surface area contributed by atoms with E-state index in [0.717, 1.165) is 50.2 Å². The van der Waals surface area contributed by atoms with Gasteiger partial charge in [0.25, 0.3) is 0 Å². The summed E-state index contributed by atoms with van der Waals surface area (Å²) in [4.78, 5) is 0. The second-order valence-electron chi connectivity index (χ2n) is 8.90. The molecule has 2 N–H and O–H groups in total. The molecule has 0 saturated heterocycles. The lowest BCUT2D eigenvalue weighted by molar-refractivity contribution is -0.0914. The summed E-state index contributed by atoms with van der Waals surface area (Å²) in [7, 11) is 1.79. The lowest BCUT2D eigenvalue weighted by Gasteiger charge is -2.55. The number of aliphatic hydroxyl groups is 2. The van der Waals surface area contributed by atoms with Gasteiger partial charge in [-0.3, -0.25) is 0 Å². The quantitative estimate of drug-likeness (QED) is 0.727. The predicted molar refractivity (Wildman–Crippen MR) is 103 cm³/mol. The van der Waals surface area contributed by atoms with Gasteiger partial charge in [-0.15, -0.1) is 0 Å². The lowest BCUT2D eigenvalue weighted by Crippen LogP contribution is -2.52. The lowest BCUT2D eigenvalue weighted by atomic mass is 9.51. The molecule has 4 aliphatic carbocycles. The molecule has 144 valence electrons. The van der Waals surface area contributed by atoms with E-state index in [-0.39, 0.29) is 12.0 Å². The van der Waals surface area contributed by atoms with Crippen LogP contribution in [0.4, 0.5) is 0 Å². The van der Waals surface area contributed by atoms with Gasteiger partial charge in [-0.25, -0.2) is 0 Å². The first-order valence-corrected chi connectivity index (χ1v) is 10.5. The molecule has 2 fully saturated rings. The first-order valence-electron chi connectivity index (χ1n) is 10.5. The topological polar surface area (TPSA) is 49.7 Å². The Kier molecular flexibility index (Phi) is 4.81. The molecule has 0 aromatic carbocycles. The Labute approximate surface area is 157 Å². The van der Waals surface area contributed by atoms with Crippen LogP contribution in [0.5, 0.6) is 0 Å². The maximum absolute atomic E-state index is 11.5. The van der Waals surface area contributed by atoms with Gasteiger partial charge in [-0.2, -0.15) is 0 Å². The molecule has 0 radical (unpaired) electrons. The molecule has 3 unspecified atom stereocenters. The number of methoxy groups -OCH3 is 1. The van der Waals surface area contributed by atoms with E-state index < -0.39 is 5.60 Å². The Balaban J connectivity index is 1.62. The Bertz CT molecular complexity index is 646. The molecule has 4 rings (SSSR count). The molecule has 0 amide bonds. The standard InChI is InChI=1S/C23H34O3/c1-3-22-12-9-19-18-8-6-17(26-2)15-16(18)5-7-20(19)21(22)10-13-23(22,25)11-4-14-24/h4,6,11,19-21,24-25H,3,5,7-10,12-15H2,1-2H3/b11-4-/t19?,20?,21?,22-,23-/m0/s1. The Morgan fingerprint density at radius 1 is 1.27 bits per heavy atom. The Morgan fingerprint density at radius 2 is 2.12 bits per heavy atom. The van der Waals surface area contributed by atoms with Crippen molar-refractivity contribution >= 4 is 0 Å². The van der Waals surface area contributed by atoms with Crippen molar-refractivity contribution in [3.8, 4) is 0 Å². The summed E-state index contributed by atoms with van der Waals surface area (Å²) in [6, 6.07) is 0. The summed E-state index contributed by atoms with van der Waals surface area (Å²) in [5, 5.41) is 20.8. The van der Waals surface area contributed by atoms with E-state index in [2.05, 4.69) is 13.0 Å². The van der Waals surface area contributed by atoms with Crippen molar-refractivity contribution < 1.29 is 14.9 Å². The van der Waals surface area contributed by atoms with Crippen LogP contribution in [0.25, 0.3) is 0 Å². The van der Waals surface area contributed by atoms with Crippen molar-refractivity contribution in [3.05, 3.63) is 35.1 Å². The molecule has 26 heavy (non-hydrogen) atoms. The molecule has 0 aromatic heterocycles. The zero-order valence-electron chi connectivity index (χ0n) is 16.3. The third-order valence-corrected chi connectivity index (χ3v) is 8.35. The highest BCUT2D eigenvalue weighted by molar-refractivity contribution is 5.33. The van der Waals surface area contributed by atoms with Crippen LogP contribution in [0.2, 0.25) is 0 Å². The van der Waals surface area contributed by atoms with Gasteiger partial charge in [0.1, 0.15) is 0 Å². The maximum Gasteiger partial charge on any atom is 0.0959 e. The van der Waals surface area contributed by atoms with Crippen LogP contribution < -0.4 is 0 Å². The van der Waals surface area contributed by atoms with Gasteiger partial charge < -0.3 is 14.9 Å². The molecule has 0 heterocycles. The van der Waals surface area contributed by atoms with Crippen molar-refractivity contribution in [2.75, 3.05) is 13.7 Å². The fourth-order valence-corrected chi connectivity index (χ4v) is 7.16. The molecule has 3 nitrogen and oxygen atoms in total. The Morgan fingerprint density at radius 3 is 2.85 bits per heavy atom. The minimum absolute atomic E-state index is 0.0000953. The van der Waals surface area contributed by atoms with E-state index in [1.807, 2.05) is 6.08 Å². The van der Waals surface area contributed by atoms with E-state index in [0.29, 0.717) is 11.8 Å². The van der Waals surface area contributed by atoms with Crippen molar-refractivity contribution in [3.63, 3.8) is 0 Å². The largest absolute Gasteiger partial charge is 0.501 e. The number of ether oxygens (including phenoxy) is 1. The number of allylic oxidation sites excluding steroid dienone is 3. The predicted octanol–water partition coefficient (Wildman–Crippen LogP) is 4.51. The molecule has 3 heteroatoms. The third kappa shape index (κ3) is 2.54. The highest BCUT2D eigenvalue weighted by Gasteiger charge is 2.62. The van der Waals surface area contributed by atoms with Gasteiger partial charge in [-0.05, 0) is 75.2 Å². The zero-order chi connectivity index (χ0) is 18.4. The maximum atomic E-state index is 11.5. The minimum Gasteiger partial charge on any atom is -0.501 e. The minimum atomic E-state index is -0.732. The average Bonchev–Trinajstić information content (AvgIpc) is 2.99.